The fraction of sp³-hybridized carbons (Fsp3) is 0.700. The van der Waals surface area contributed by atoms with Crippen molar-refractivity contribution in [3.05, 3.63) is 0 Å². The van der Waals surface area contributed by atoms with E-state index in [1.165, 1.54) is 28.5 Å². The average Bonchev–Trinajstić information content (AvgIpc) is 2.30. The van der Waals surface area contributed by atoms with Gasteiger partial charge in [-0.1, -0.05) is 28.5 Å². The molecule has 0 heterocycles. The van der Waals surface area contributed by atoms with Gasteiger partial charge in [-0.2, -0.15) is 0 Å². The van der Waals surface area contributed by atoms with E-state index in [1.807, 2.05) is 6.92 Å². The molecule has 9 heteroatoms. The van der Waals surface area contributed by atoms with E-state index in [1.54, 1.807) is 0 Å². The van der Waals surface area contributed by atoms with Crippen LogP contribution in [0.15, 0.2) is 0 Å². The average molecular weight is 308 g/mol. The summed E-state index contributed by atoms with van der Waals surface area (Å²) < 4.78 is 0. The number of carbonyl (C=O) groups excluding carboxylic acids is 3. The predicted octanol–water partition coefficient (Wildman–Crippen LogP) is -1.18. The molecule has 0 bridgehead atoms. The smallest absolute Gasteiger partial charge is 0.240 e. The fourth-order valence-corrected chi connectivity index (χ4v) is 3.55. The first-order valence-corrected chi connectivity index (χ1v) is 8.20. The number of primary amides is 2. The van der Waals surface area contributed by atoms with Gasteiger partial charge in [0, 0.05) is 18.4 Å². The molecule has 110 valence electrons. The highest BCUT2D eigenvalue weighted by Gasteiger charge is 2.18. The molecule has 0 aromatic heterocycles. The largest absolute Gasteiger partial charge is 0.368 e. The Labute approximate surface area is 120 Å². The predicted molar refractivity (Wildman–Crippen MR) is 78.4 cm³/mol. The van der Waals surface area contributed by atoms with Crippen molar-refractivity contribution in [1.82, 2.24) is 10.6 Å². The minimum absolute atomic E-state index is 0.308. The quantitative estimate of drug-likeness (QED) is 0.297. The van der Waals surface area contributed by atoms with Crippen LogP contribution in [-0.2, 0) is 14.4 Å². The standard InChI is InChI=1S/C10H20N4O3S2/c1-3-13-7(9(11)16)4-18-19-5-8(10(12)17)14-6(2)15/h7-8,13H,3-5H2,1-2H3,(H2,11,16)(H2,12,17)(H,14,15)/t7-,8+/m1/s1. The molecular formula is C10H20N4O3S2. The van der Waals surface area contributed by atoms with E-state index in [-0.39, 0.29) is 5.91 Å². The van der Waals surface area contributed by atoms with Gasteiger partial charge in [-0.25, -0.2) is 0 Å². The third-order valence-corrected chi connectivity index (χ3v) is 4.49. The second-order valence-corrected chi connectivity index (χ2v) is 6.29. The SMILES string of the molecule is CCN[C@H](CSSC[C@H](NC(C)=O)C(N)=O)C(N)=O. The van der Waals surface area contributed by atoms with Crippen LogP contribution in [0.4, 0.5) is 0 Å². The number of nitrogens with two attached hydrogens (primary N) is 2. The molecule has 0 radical (unpaired) electrons. The van der Waals surface area contributed by atoms with Gasteiger partial charge in [0.05, 0.1) is 6.04 Å². The molecule has 3 amide bonds. The topological polar surface area (TPSA) is 127 Å². The number of hydrogen-bond acceptors (Lipinski definition) is 6. The zero-order valence-electron chi connectivity index (χ0n) is 11.0. The van der Waals surface area contributed by atoms with Crippen LogP contribution in [0.1, 0.15) is 13.8 Å². The van der Waals surface area contributed by atoms with E-state index in [0.29, 0.717) is 18.1 Å². The summed E-state index contributed by atoms with van der Waals surface area (Å²) >= 11 is 0. The normalized spacial score (nSPS) is 13.6. The molecule has 0 aliphatic heterocycles. The van der Waals surface area contributed by atoms with Crippen LogP contribution in [0.3, 0.4) is 0 Å². The highest BCUT2D eigenvalue weighted by molar-refractivity contribution is 8.76. The third kappa shape index (κ3) is 8.73. The minimum atomic E-state index is -0.707. The van der Waals surface area contributed by atoms with Crippen LogP contribution < -0.4 is 22.1 Å². The van der Waals surface area contributed by atoms with Crippen molar-refractivity contribution in [3.63, 3.8) is 0 Å². The lowest BCUT2D eigenvalue weighted by Gasteiger charge is -2.15. The molecule has 0 unspecified atom stereocenters. The second-order valence-electron chi connectivity index (χ2n) is 3.74. The van der Waals surface area contributed by atoms with Crippen molar-refractivity contribution in [2.45, 2.75) is 25.9 Å². The summed E-state index contributed by atoms with van der Waals surface area (Å²) in [5.74, 6) is -0.474. The van der Waals surface area contributed by atoms with Gasteiger partial charge in [0.1, 0.15) is 6.04 Å². The molecule has 0 saturated carbocycles. The summed E-state index contributed by atoms with van der Waals surface area (Å²) in [7, 11) is 2.75. The van der Waals surface area contributed by atoms with E-state index < -0.39 is 23.9 Å². The second kappa shape index (κ2) is 9.93. The van der Waals surface area contributed by atoms with Gasteiger partial charge < -0.3 is 22.1 Å². The third-order valence-electron chi connectivity index (χ3n) is 2.07. The van der Waals surface area contributed by atoms with Crippen molar-refractivity contribution < 1.29 is 14.4 Å². The maximum Gasteiger partial charge on any atom is 0.240 e. The van der Waals surface area contributed by atoms with Crippen molar-refractivity contribution in [2.75, 3.05) is 18.1 Å². The Hall–Kier alpha value is -0.930. The Kier molecular flexibility index (Phi) is 9.44. The lowest BCUT2D eigenvalue weighted by Crippen LogP contribution is -2.45. The number of hydrogen-bond donors (Lipinski definition) is 4. The van der Waals surface area contributed by atoms with Crippen LogP contribution in [0, 0.1) is 0 Å². The highest BCUT2D eigenvalue weighted by Crippen LogP contribution is 2.22. The summed E-state index contributed by atoms with van der Waals surface area (Å²) in [6.07, 6.45) is 0. The summed E-state index contributed by atoms with van der Waals surface area (Å²) in [4.78, 5) is 33.0. The van der Waals surface area contributed by atoms with Gasteiger partial charge in [0.2, 0.25) is 17.7 Å². The molecule has 0 saturated heterocycles. The molecular weight excluding hydrogens is 288 g/mol. The lowest BCUT2D eigenvalue weighted by molar-refractivity contribution is -0.125. The molecule has 0 aliphatic rings. The van der Waals surface area contributed by atoms with Gasteiger partial charge in [0.25, 0.3) is 0 Å². The van der Waals surface area contributed by atoms with Crippen LogP contribution >= 0.6 is 21.6 Å². The maximum absolute atomic E-state index is 11.1. The Morgan fingerprint density at radius 2 is 1.53 bits per heavy atom. The Morgan fingerprint density at radius 1 is 1.05 bits per heavy atom. The maximum atomic E-state index is 11.1. The van der Waals surface area contributed by atoms with E-state index in [2.05, 4.69) is 10.6 Å². The number of nitrogens with one attached hydrogen (secondary N) is 2. The zero-order chi connectivity index (χ0) is 14.8. The van der Waals surface area contributed by atoms with Gasteiger partial charge >= 0.3 is 0 Å². The van der Waals surface area contributed by atoms with Crippen LogP contribution in [0.2, 0.25) is 0 Å². The Bertz CT molecular complexity index is 328. The summed E-state index contributed by atoms with van der Waals surface area (Å²) in [5.41, 5.74) is 10.4. The van der Waals surface area contributed by atoms with Crippen LogP contribution in [-0.4, -0.2) is 47.9 Å². The Balaban J connectivity index is 4.01. The summed E-state index contributed by atoms with van der Waals surface area (Å²) in [6.45, 7) is 3.85. The van der Waals surface area contributed by atoms with E-state index in [9.17, 15) is 14.4 Å². The van der Waals surface area contributed by atoms with Crippen molar-refractivity contribution >= 4 is 39.3 Å². The minimum Gasteiger partial charge on any atom is -0.368 e. The molecule has 19 heavy (non-hydrogen) atoms. The summed E-state index contributed by atoms with van der Waals surface area (Å²) in [5, 5.41) is 5.42. The molecule has 7 nitrogen and oxygen atoms in total. The Morgan fingerprint density at radius 3 is 1.89 bits per heavy atom. The van der Waals surface area contributed by atoms with Gasteiger partial charge in [-0.15, -0.1) is 0 Å². The fourth-order valence-electron chi connectivity index (χ4n) is 1.16. The number of likely N-dealkylation sites (N-methyl/N-ethyl adjacent to an activating group) is 1. The first-order valence-electron chi connectivity index (χ1n) is 5.72. The summed E-state index contributed by atoms with van der Waals surface area (Å²) in [6, 6.07) is -1.11. The van der Waals surface area contributed by atoms with Gasteiger partial charge in [-0.3, -0.25) is 14.4 Å². The molecule has 0 aromatic rings. The first kappa shape index (κ1) is 18.1. The number of amides is 3. The van der Waals surface area contributed by atoms with Gasteiger partial charge in [0.15, 0.2) is 0 Å². The molecule has 0 spiro atoms. The molecule has 2 atom stereocenters. The van der Waals surface area contributed by atoms with E-state index in [0.717, 1.165) is 0 Å². The first-order chi connectivity index (χ1) is 8.88. The van der Waals surface area contributed by atoms with Crippen molar-refractivity contribution in [3.8, 4) is 0 Å². The van der Waals surface area contributed by atoms with Crippen LogP contribution in [0.25, 0.3) is 0 Å². The van der Waals surface area contributed by atoms with Crippen molar-refractivity contribution in [2.24, 2.45) is 11.5 Å². The monoisotopic (exact) mass is 308 g/mol. The van der Waals surface area contributed by atoms with Gasteiger partial charge in [-0.05, 0) is 6.54 Å². The molecule has 0 fully saturated rings. The van der Waals surface area contributed by atoms with E-state index >= 15 is 0 Å². The van der Waals surface area contributed by atoms with Crippen molar-refractivity contribution in [1.29, 1.82) is 0 Å². The number of rotatable bonds is 10. The molecule has 0 aromatic carbocycles. The highest BCUT2D eigenvalue weighted by atomic mass is 33.1. The molecule has 0 rings (SSSR count). The lowest BCUT2D eigenvalue weighted by atomic mass is 10.3. The van der Waals surface area contributed by atoms with E-state index in [4.69, 9.17) is 11.5 Å². The van der Waals surface area contributed by atoms with Crippen LogP contribution in [0.5, 0.6) is 0 Å². The molecule has 6 N–H and O–H groups in total. The molecule has 0 aliphatic carbocycles. The zero-order valence-corrected chi connectivity index (χ0v) is 12.6. The number of carbonyl (C=O) groups is 3.